The third-order valence-electron chi connectivity index (χ3n) is 7.58. The van der Waals surface area contributed by atoms with Crippen LogP contribution < -0.4 is 9.47 Å². The molecule has 0 bridgehead atoms. The Balaban J connectivity index is 1.22. The maximum atomic E-state index is 12.1. The molecule has 0 N–H and O–H groups in total. The molecule has 0 amide bonds. The van der Waals surface area contributed by atoms with E-state index in [1.54, 1.807) is 0 Å². The van der Waals surface area contributed by atoms with Crippen molar-refractivity contribution in [3.05, 3.63) is 76.5 Å². The highest BCUT2D eigenvalue weighted by Gasteiger charge is 2.60. The first-order valence-corrected chi connectivity index (χ1v) is 15.5. The van der Waals surface area contributed by atoms with Crippen LogP contribution in [0.1, 0.15) is 47.1 Å². The summed E-state index contributed by atoms with van der Waals surface area (Å²) in [5, 5.41) is 0. The predicted octanol–water partition coefficient (Wildman–Crippen LogP) is 5.21. The zero-order chi connectivity index (χ0) is 27.7. The second kappa shape index (κ2) is 11.0. The number of hydrogen-bond donors (Lipinski definition) is 0. The molecule has 3 aromatic rings. The lowest BCUT2D eigenvalue weighted by Crippen LogP contribution is -2.11. The maximum absolute atomic E-state index is 12.1. The number of pyridine rings is 1. The van der Waals surface area contributed by atoms with Crippen LogP contribution >= 0.6 is 0 Å². The molecule has 2 aromatic carbocycles. The summed E-state index contributed by atoms with van der Waals surface area (Å²) in [6.07, 6.45) is 4.44. The van der Waals surface area contributed by atoms with Gasteiger partial charge in [-0.1, -0.05) is 18.2 Å². The molecule has 2 aliphatic carbocycles. The number of esters is 1. The van der Waals surface area contributed by atoms with Crippen molar-refractivity contribution in [3.63, 3.8) is 0 Å². The summed E-state index contributed by atoms with van der Waals surface area (Å²) in [5.74, 6) is 1.94. The quantitative estimate of drug-likeness (QED) is 0.240. The first-order chi connectivity index (χ1) is 18.6. The van der Waals surface area contributed by atoms with Crippen LogP contribution in [0.15, 0.2) is 48.7 Å². The SMILES string of the molecule is CCOC(=O)[C@H]1[C@@H]2Cc3cc(OCc4cccc(-c5c(C)cc(OCCCS(C)(=O)=O)cc5C)c4)ncc3[C@@H]21. The zero-order valence-corrected chi connectivity index (χ0v) is 23.7. The van der Waals surface area contributed by atoms with Gasteiger partial charge in [0.2, 0.25) is 5.88 Å². The highest BCUT2D eigenvalue weighted by atomic mass is 32.2. The fourth-order valence-electron chi connectivity index (χ4n) is 5.85. The number of carbonyl (C=O) groups excluding carboxylic acids is 1. The number of nitrogens with zero attached hydrogens (tertiary/aromatic N) is 1. The lowest BCUT2D eigenvalue weighted by molar-refractivity contribution is -0.145. The largest absolute Gasteiger partial charge is 0.494 e. The van der Waals surface area contributed by atoms with Crippen molar-refractivity contribution in [2.45, 2.75) is 46.1 Å². The topological polar surface area (TPSA) is 91.8 Å². The molecule has 5 rings (SSSR count). The van der Waals surface area contributed by atoms with E-state index in [1.807, 2.05) is 43.5 Å². The number of fused-ring (bicyclic) bond motifs is 3. The monoisotopic (exact) mass is 549 g/mol. The Bertz CT molecular complexity index is 1480. The van der Waals surface area contributed by atoms with Crippen LogP contribution in [0.3, 0.4) is 0 Å². The molecule has 0 radical (unpaired) electrons. The van der Waals surface area contributed by atoms with Crippen molar-refractivity contribution < 1.29 is 27.4 Å². The number of sulfone groups is 1. The fraction of sp³-hybridized carbons (Fsp3) is 0.419. The van der Waals surface area contributed by atoms with Gasteiger partial charge in [0, 0.05) is 24.4 Å². The molecule has 0 unspecified atom stereocenters. The Morgan fingerprint density at radius 2 is 1.85 bits per heavy atom. The van der Waals surface area contributed by atoms with E-state index >= 15 is 0 Å². The van der Waals surface area contributed by atoms with Gasteiger partial charge in [-0.15, -0.1) is 0 Å². The fourth-order valence-corrected chi connectivity index (χ4v) is 6.50. The van der Waals surface area contributed by atoms with Crippen LogP contribution in [-0.2, 0) is 32.4 Å². The van der Waals surface area contributed by atoms with E-state index in [0.717, 1.165) is 45.6 Å². The molecule has 7 nitrogen and oxygen atoms in total. The van der Waals surface area contributed by atoms with E-state index in [9.17, 15) is 13.2 Å². The maximum Gasteiger partial charge on any atom is 0.309 e. The summed E-state index contributed by atoms with van der Waals surface area (Å²) in [7, 11) is -2.98. The van der Waals surface area contributed by atoms with E-state index in [4.69, 9.17) is 14.2 Å². The molecule has 39 heavy (non-hydrogen) atoms. The summed E-state index contributed by atoms with van der Waals surface area (Å²) in [5.41, 5.74) is 7.83. The van der Waals surface area contributed by atoms with Crippen molar-refractivity contribution >= 4 is 15.8 Å². The molecule has 1 aromatic heterocycles. The lowest BCUT2D eigenvalue weighted by Gasteiger charge is -2.15. The molecule has 3 atom stereocenters. The van der Waals surface area contributed by atoms with Gasteiger partial charge in [0.25, 0.3) is 0 Å². The molecule has 8 heteroatoms. The number of aryl methyl sites for hydroxylation is 2. The van der Waals surface area contributed by atoms with Crippen molar-refractivity contribution in [2.75, 3.05) is 25.2 Å². The van der Waals surface area contributed by atoms with E-state index < -0.39 is 9.84 Å². The van der Waals surface area contributed by atoms with Crippen LogP contribution in [0, 0.1) is 25.7 Å². The van der Waals surface area contributed by atoms with E-state index in [2.05, 4.69) is 31.0 Å². The Morgan fingerprint density at radius 3 is 2.56 bits per heavy atom. The first kappa shape index (κ1) is 27.2. The van der Waals surface area contributed by atoms with Gasteiger partial charge in [-0.2, -0.15) is 0 Å². The minimum absolute atomic E-state index is 0.0128. The number of rotatable bonds is 11. The molecule has 206 valence electrons. The zero-order valence-electron chi connectivity index (χ0n) is 22.9. The number of aromatic nitrogens is 1. The molecular formula is C31H35NO6S. The summed E-state index contributed by atoms with van der Waals surface area (Å²) >= 11 is 0. The average molecular weight is 550 g/mol. The van der Waals surface area contributed by atoms with Crippen LogP contribution in [0.5, 0.6) is 11.6 Å². The standard InChI is InChI=1S/C31H35NO6S/c1-5-36-31(33)30-25-15-23-16-27(32-17-26(23)29(25)30)38-18-21-8-6-9-22(14-21)28-19(2)12-24(13-20(28)3)37-10-7-11-39(4,34)35/h6,8-9,12-14,16-17,25,29-30H,5,7,10-11,15,18H2,1-4H3/t25-,29-,30+/m1/s1. The number of hydrogen-bond acceptors (Lipinski definition) is 7. The molecular weight excluding hydrogens is 514 g/mol. The van der Waals surface area contributed by atoms with Crippen LogP contribution in [-0.4, -0.2) is 44.6 Å². The van der Waals surface area contributed by atoms with Gasteiger partial charge < -0.3 is 14.2 Å². The molecule has 2 aliphatic rings. The second-order valence-electron chi connectivity index (χ2n) is 10.6. The van der Waals surface area contributed by atoms with Crippen LogP contribution in [0.25, 0.3) is 11.1 Å². The summed E-state index contributed by atoms with van der Waals surface area (Å²) in [6.45, 7) is 7.13. The minimum atomic E-state index is -2.98. The number of benzene rings is 2. The van der Waals surface area contributed by atoms with E-state index in [1.165, 1.54) is 11.8 Å². The van der Waals surface area contributed by atoms with Gasteiger partial charge >= 0.3 is 5.97 Å². The van der Waals surface area contributed by atoms with E-state index in [-0.39, 0.29) is 23.6 Å². The van der Waals surface area contributed by atoms with Gasteiger partial charge in [-0.05, 0) is 96.7 Å². The molecule has 1 fully saturated rings. The Hall–Kier alpha value is -3.39. The molecule has 0 aliphatic heterocycles. The van der Waals surface area contributed by atoms with Gasteiger partial charge in [0.15, 0.2) is 0 Å². The second-order valence-corrected chi connectivity index (χ2v) is 12.9. The van der Waals surface area contributed by atoms with Crippen LogP contribution in [0.2, 0.25) is 0 Å². The Kier molecular flexibility index (Phi) is 7.67. The van der Waals surface area contributed by atoms with Crippen LogP contribution in [0.4, 0.5) is 0 Å². The van der Waals surface area contributed by atoms with Gasteiger partial charge in [0.1, 0.15) is 22.2 Å². The minimum Gasteiger partial charge on any atom is -0.494 e. The third-order valence-corrected chi connectivity index (χ3v) is 8.61. The summed E-state index contributed by atoms with van der Waals surface area (Å²) in [4.78, 5) is 16.7. The van der Waals surface area contributed by atoms with Gasteiger partial charge in [-0.3, -0.25) is 4.79 Å². The number of ether oxygens (including phenoxy) is 3. The van der Waals surface area contributed by atoms with Crippen molar-refractivity contribution in [2.24, 2.45) is 11.8 Å². The van der Waals surface area contributed by atoms with Gasteiger partial charge in [0.05, 0.1) is 24.9 Å². The molecule has 0 saturated heterocycles. The summed E-state index contributed by atoms with van der Waals surface area (Å²) in [6, 6.07) is 14.3. The Morgan fingerprint density at radius 1 is 1.08 bits per heavy atom. The van der Waals surface area contributed by atoms with E-state index in [0.29, 0.717) is 38.0 Å². The van der Waals surface area contributed by atoms with Crippen molar-refractivity contribution in [1.82, 2.24) is 4.98 Å². The highest BCUT2D eigenvalue weighted by Crippen LogP contribution is 2.61. The van der Waals surface area contributed by atoms with Crippen molar-refractivity contribution in [1.29, 1.82) is 0 Å². The Labute approximate surface area is 230 Å². The van der Waals surface area contributed by atoms with Gasteiger partial charge in [-0.25, -0.2) is 13.4 Å². The molecule has 1 heterocycles. The first-order valence-electron chi connectivity index (χ1n) is 13.4. The smallest absolute Gasteiger partial charge is 0.309 e. The predicted molar refractivity (Wildman–Crippen MR) is 150 cm³/mol. The molecule has 0 spiro atoms. The third kappa shape index (κ3) is 6.11. The van der Waals surface area contributed by atoms with Crippen molar-refractivity contribution in [3.8, 4) is 22.8 Å². The number of carbonyl (C=O) groups is 1. The lowest BCUT2D eigenvalue weighted by atomic mass is 9.94. The molecule has 1 saturated carbocycles. The summed E-state index contributed by atoms with van der Waals surface area (Å²) < 4.78 is 39.8. The average Bonchev–Trinajstić information content (AvgIpc) is 3.46. The highest BCUT2D eigenvalue weighted by molar-refractivity contribution is 7.90. The normalized spacial score (nSPS) is 19.2.